The van der Waals surface area contributed by atoms with Crippen LogP contribution in [0.25, 0.3) is 0 Å². The summed E-state index contributed by atoms with van der Waals surface area (Å²) in [6, 6.07) is 15.6. The van der Waals surface area contributed by atoms with Gasteiger partial charge in [0.1, 0.15) is 5.75 Å². The van der Waals surface area contributed by atoms with Crippen LogP contribution in [0.4, 0.5) is 5.69 Å². The van der Waals surface area contributed by atoms with Crippen LogP contribution in [0.2, 0.25) is 0 Å². The molecule has 1 aliphatic heterocycles. The van der Waals surface area contributed by atoms with Gasteiger partial charge in [0.05, 0.1) is 5.92 Å². The molecule has 0 aromatic heterocycles. The van der Waals surface area contributed by atoms with Crippen LogP contribution in [0.15, 0.2) is 48.5 Å². The van der Waals surface area contributed by atoms with E-state index >= 15 is 0 Å². The van der Waals surface area contributed by atoms with Crippen molar-refractivity contribution in [3.05, 3.63) is 59.7 Å². The van der Waals surface area contributed by atoms with Gasteiger partial charge in [-0.3, -0.25) is 9.59 Å². The molecule has 148 valence electrons. The minimum atomic E-state index is -0.225. The molecule has 0 saturated carbocycles. The Morgan fingerprint density at radius 3 is 2.71 bits per heavy atom. The molecule has 1 saturated heterocycles. The first-order valence-electron chi connectivity index (χ1n) is 9.60. The summed E-state index contributed by atoms with van der Waals surface area (Å²) in [7, 11) is 0. The Morgan fingerprint density at radius 2 is 2.00 bits per heavy atom. The molecule has 0 aliphatic carbocycles. The summed E-state index contributed by atoms with van der Waals surface area (Å²) in [5, 5.41) is 2.87. The molecule has 6 nitrogen and oxygen atoms in total. The largest absolute Gasteiger partial charge is 0.484 e. The normalized spacial score (nSPS) is 16.5. The zero-order valence-corrected chi connectivity index (χ0v) is 16.2. The van der Waals surface area contributed by atoms with Gasteiger partial charge in [-0.25, -0.2) is 0 Å². The highest BCUT2D eigenvalue weighted by Crippen LogP contribution is 2.23. The number of piperidine rings is 1. The molecule has 2 aromatic rings. The van der Waals surface area contributed by atoms with Gasteiger partial charge in [-0.2, -0.15) is 0 Å². The molecule has 1 atom stereocenters. The molecule has 6 heteroatoms. The summed E-state index contributed by atoms with van der Waals surface area (Å²) in [4.78, 5) is 25.6. The number of aryl methyl sites for hydroxylation is 1. The molecule has 0 spiro atoms. The molecule has 1 fully saturated rings. The number of primary amides is 1. The lowest BCUT2D eigenvalue weighted by atomic mass is 9.97. The number of ether oxygens (including phenoxy) is 1. The highest BCUT2D eigenvalue weighted by molar-refractivity contribution is 5.78. The monoisotopic (exact) mass is 381 g/mol. The van der Waals surface area contributed by atoms with Gasteiger partial charge in [-0.05, 0) is 55.2 Å². The summed E-state index contributed by atoms with van der Waals surface area (Å²) in [5.74, 6) is 0.222. The van der Waals surface area contributed by atoms with Crippen LogP contribution in [0.1, 0.15) is 24.0 Å². The molecule has 1 heterocycles. The van der Waals surface area contributed by atoms with Gasteiger partial charge in [0.15, 0.2) is 6.61 Å². The Morgan fingerprint density at radius 1 is 1.21 bits per heavy atom. The first kappa shape index (κ1) is 19.7. The first-order valence-corrected chi connectivity index (χ1v) is 9.60. The van der Waals surface area contributed by atoms with Crippen LogP contribution in [0.3, 0.4) is 0 Å². The van der Waals surface area contributed by atoms with Crippen LogP contribution in [-0.4, -0.2) is 31.5 Å². The van der Waals surface area contributed by atoms with E-state index in [1.54, 1.807) is 0 Å². The molecule has 0 bridgehead atoms. The van der Waals surface area contributed by atoms with Gasteiger partial charge in [0.2, 0.25) is 5.91 Å². The van der Waals surface area contributed by atoms with Crippen LogP contribution < -0.4 is 20.7 Å². The van der Waals surface area contributed by atoms with Crippen LogP contribution in [-0.2, 0) is 16.1 Å². The van der Waals surface area contributed by atoms with Crippen molar-refractivity contribution in [1.29, 1.82) is 0 Å². The third-order valence-corrected chi connectivity index (χ3v) is 4.97. The van der Waals surface area contributed by atoms with Crippen molar-refractivity contribution in [2.24, 2.45) is 11.7 Å². The number of amides is 2. The quantitative estimate of drug-likeness (QED) is 0.771. The van der Waals surface area contributed by atoms with E-state index < -0.39 is 0 Å². The van der Waals surface area contributed by atoms with Gasteiger partial charge in [-0.15, -0.1) is 0 Å². The van der Waals surface area contributed by atoms with Crippen molar-refractivity contribution in [2.75, 3.05) is 24.6 Å². The lowest BCUT2D eigenvalue weighted by molar-refractivity contribution is -0.123. The Balaban J connectivity index is 1.46. The number of nitrogens with two attached hydrogens (primary N) is 1. The number of nitrogens with zero attached hydrogens (tertiary/aromatic N) is 1. The lowest BCUT2D eigenvalue weighted by Gasteiger charge is -2.33. The zero-order chi connectivity index (χ0) is 19.9. The van der Waals surface area contributed by atoms with Gasteiger partial charge >= 0.3 is 0 Å². The fourth-order valence-electron chi connectivity index (χ4n) is 3.37. The van der Waals surface area contributed by atoms with Crippen molar-refractivity contribution in [3.8, 4) is 5.75 Å². The highest BCUT2D eigenvalue weighted by Gasteiger charge is 2.24. The molecule has 2 aromatic carbocycles. The van der Waals surface area contributed by atoms with Gasteiger partial charge < -0.3 is 20.7 Å². The molecule has 3 rings (SSSR count). The first-order chi connectivity index (χ1) is 13.5. The second-order valence-electron chi connectivity index (χ2n) is 7.24. The van der Waals surface area contributed by atoms with Gasteiger partial charge in [0, 0.05) is 25.3 Å². The molecule has 2 amide bonds. The standard InChI is InChI=1S/C22H27N3O3/c1-16-4-2-6-20(12-16)28-15-21(26)24-13-17-7-9-19(10-8-17)25-11-3-5-18(14-25)22(23)27/h2,4,6-10,12,18H,3,5,11,13-15H2,1H3,(H2,23,27)(H,24,26)/t18-/m1/s1. The van der Waals surface area contributed by atoms with Crippen molar-refractivity contribution < 1.29 is 14.3 Å². The number of carbonyl (C=O) groups is 2. The van der Waals surface area contributed by atoms with Crippen LogP contribution in [0.5, 0.6) is 5.75 Å². The number of nitrogens with one attached hydrogen (secondary N) is 1. The maximum atomic E-state index is 12.0. The highest BCUT2D eigenvalue weighted by atomic mass is 16.5. The number of benzene rings is 2. The van der Waals surface area contributed by atoms with Crippen molar-refractivity contribution in [1.82, 2.24) is 5.32 Å². The topological polar surface area (TPSA) is 84.7 Å². The smallest absolute Gasteiger partial charge is 0.258 e. The fraction of sp³-hybridized carbons (Fsp3) is 0.364. The summed E-state index contributed by atoms with van der Waals surface area (Å²) in [6.07, 6.45) is 1.83. The Kier molecular flexibility index (Phi) is 6.53. The number of anilines is 1. The number of hydrogen-bond acceptors (Lipinski definition) is 4. The molecular weight excluding hydrogens is 354 g/mol. The fourth-order valence-corrected chi connectivity index (χ4v) is 3.37. The average Bonchev–Trinajstić information content (AvgIpc) is 2.71. The molecule has 1 aliphatic rings. The summed E-state index contributed by atoms with van der Waals surface area (Å²) < 4.78 is 5.51. The van der Waals surface area contributed by atoms with Gasteiger partial charge in [-0.1, -0.05) is 24.3 Å². The third kappa shape index (κ3) is 5.49. The molecule has 0 radical (unpaired) electrons. The Labute approximate surface area is 165 Å². The third-order valence-electron chi connectivity index (χ3n) is 4.97. The maximum Gasteiger partial charge on any atom is 0.258 e. The Hall–Kier alpha value is -3.02. The van der Waals surface area contributed by atoms with Crippen LogP contribution in [0, 0.1) is 12.8 Å². The van der Waals surface area contributed by atoms with Crippen molar-refractivity contribution in [3.63, 3.8) is 0 Å². The molecule has 3 N–H and O–H groups in total. The predicted octanol–water partition coefficient (Wildman–Crippen LogP) is 2.39. The molecular formula is C22H27N3O3. The van der Waals surface area contributed by atoms with E-state index in [0.29, 0.717) is 18.8 Å². The van der Waals surface area contributed by atoms with Crippen molar-refractivity contribution >= 4 is 17.5 Å². The van der Waals surface area contributed by atoms with E-state index in [0.717, 1.165) is 36.2 Å². The summed E-state index contributed by atoms with van der Waals surface area (Å²) in [5.41, 5.74) is 8.63. The van der Waals surface area contributed by atoms with E-state index in [-0.39, 0.29) is 24.3 Å². The second-order valence-corrected chi connectivity index (χ2v) is 7.24. The van der Waals surface area contributed by atoms with Crippen LogP contribution >= 0.6 is 0 Å². The lowest BCUT2D eigenvalue weighted by Crippen LogP contribution is -2.41. The SMILES string of the molecule is Cc1cccc(OCC(=O)NCc2ccc(N3CCC[C@@H](C(N)=O)C3)cc2)c1. The number of rotatable bonds is 7. The van der Waals surface area contributed by atoms with Crippen molar-refractivity contribution in [2.45, 2.75) is 26.3 Å². The van der Waals surface area contributed by atoms with E-state index in [2.05, 4.69) is 10.2 Å². The number of hydrogen-bond donors (Lipinski definition) is 2. The minimum Gasteiger partial charge on any atom is -0.484 e. The predicted molar refractivity (Wildman–Crippen MR) is 109 cm³/mol. The van der Waals surface area contributed by atoms with E-state index in [1.807, 2.05) is 55.5 Å². The second kappa shape index (κ2) is 9.26. The van der Waals surface area contributed by atoms with E-state index in [9.17, 15) is 9.59 Å². The maximum absolute atomic E-state index is 12.0. The number of carbonyl (C=O) groups excluding carboxylic acids is 2. The van der Waals surface area contributed by atoms with E-state index in [4.69, 9.17) is 10.5 Å². The Bertz CT molecular complexity index is 820. The summed E-state index contributed by atoms with van der Waals surface area (Å²) in [6.45, 7) is 4.01. The van der Waals surface area contributed by atoms with Gasteiger partial charge in [0.25, 0.3) is 5.91 Å². The molecule has 28 heavy (non-hydrogen) atoms. The zero-order valence-electron chi connectivity index (χ0n) is 16.2. The summed E-state index contributed by atoms with van der Waals surface area (Å²) >= 11 is 0. The average molecular weight is 381 g/mol. The van der Waals surface area contributed by atoms with E-state index in [1.165, 1.54) is 0 Å². The minimum absolute atomic E-state index is 0.0101. The molecule has 0 unspecified atom stereocenters.